The van der Waals surface area contributed by atoms with Crippen LogP contribution in [0.15, 0.2) is 146 Å². The van der Waals surface area contributed by atoms with Crippen molar-refractivity contribution in [2.45, 2.75) is 245 Å². The molecule has 0 saturated carbocycles. The maximum atomic E-state index is 12.9. The van der Waals surface area contributed by atoms with E-state index in [0.29, 0.717) is 12.8 Å². The van der Waals surface area contributed by atoms with Gasteiger partial charge in [0, 0.05) is 19.3 Å². The molecule has 0 radical (unpaired) electrons. The molecule has 0 amide bonds. The second-order valence-corrected chi connectivity index (χ2v) is 18.8. The summed E-state index contributed by atoms with van der Waals surface area (Å²) in [6, 6.07) is 0. The molecule has 0 N–H and O–H groups in total. The lowest BCUT2D eigenvalue weighted by Gasteiger charge is -2.18. The molecule has 0 aromatic carbocycles. The Morgan fingerprint density at radius 2 is 0.575 bits per heavy atom. The Morgan fingerprint density at radius 1 is 0.288 bits per heavy atom. The summed E-state index contributed by atoms with van der Waals surface area (Å²) < 4.78 is 16.8. The van der Waals surface area contributed by atoms with Crippen LogP contribution in [-0.2, 0) is 28.6 Å². The summed E-state index contributed by atoms with van der Waals surface area (Å²) in [5.41, 5.74) is 0. The van der Waals surface area contributed by atoms with Crippen molar-refractivity contribution in [3.63, 3.8) is 0 Å². The van der Waals surface area contributed by atoms with E-state index in [4.69, 9.17) is 14.2 Å². The number of unbranched alkanes of at least 4 members (excludes halogenated alkanes) is 16. The first kappa shape index (κ1) is 68.3. The van der Waals surface area contributed by atoms with Crippen molar-refractivity contribution in [1.29, 1.82) is 0 Å². The summed E-state index contributed by atoms with van der Waals surface area (Å²) in [5, 5.41) is 0. The van der Waals surface area contributed by atoms with E-state index in [1.807, 2.05) is 12.2 Å². The fourth-order valence-corrected chi connectivity index (χ4v) is 7.50. The third kappa shape index (κ3) is 58.1. The highest BCUT2D eigenvalue weighted by Crippen LogP contribution is 2.14. The average Bonchev–Trinajstić information content (AvgIpc) is 3.39. The van der Waals surface area contributed by atoms with Crippen LogP contribution in [0.3, 0.4) is 0 Å². The first-order valence-corrected chi connectivity index (χ1v) is 29.3. The van der Waals surface area contributed by atoms with Gasteiger partial charge in [0.15, 0.2) is 6.10 Å². The lowest BCUT2D eigenvalue weighted by atomic mass is 10.1. The molecule has 410 valence electrons. The molecule has 0 aliphatic rings. The molecule has 0 aliphatic carbocycles. The zero-order valence-corrected chi connectivity index (χ0v) is 46.8. The minimum absolute atomic E-state index is 0.135. The average molecular weight is 1010 g/mol. The Bertz CT molecular complexity index is 1630. The zero-order valence-electron chi connectivity index (χ0n) is 46.8. The van der Waals surface area contributed by atoms with Crippen molar-refractivity contribution in [1.82, 2.24) is 0 Å². The number of carbonyl (C=O) groups excluding carboxylic acids is 3. The summed E-state index contributed by atoms with van der Waals surface area (Å²) in [6.45, 7) is 6.29. The molecular weight excluding hydrogens is 901 g/mol. The molecule has 0 spiro atoms. The van der Waals surface area contributed by atoms with Crippen LogP contribution in [0.25, 0.3) is 0 Å². The number of hydrogen-bond donors (Lipinski definition) is 0. The normalized spacial score (nSPS) is 13.2. The number of carbonyl (C=O) groups is 3. The molecule has 0 aromatic heterocycles. The van der Waals surface area contributed by atoms with Crippen molar-refractivity contribution in [3.05, 3.63) is 146 Å². The second kappa shape index (κ2) is 59.8. The summed E-state index contributed by atoms with van der Waals surface area (Å²) >= 11 is 0. The Morgan fingerprint density at radius 3 is 0.959 bits per heavy atom. The lowest BCUT2D eigenvalue weighted by molar-refractivity contribution is -0.166. The van der Waals surface area contributed by atoms with Crippen molar-refractivity contribution < 1.29 is 28.6 Å². The molecule has 0 bridgehead atoms. The first-order chi connectivity index (χ1) is 36.0. The van der Waals surface area contributed by atoms with Crippen molar-refractivity contribution >= 4 is 17.9 Å². The second-order valence-electron chi connectivity index (χ2n) is 18.8. The van der Waals surface area contributed by atoms with Crippen LogP contribution in [0.4, 0.5) is 0 Å². The van der Waals surface area contributed by atoms with Crippen molar-refractivity contribution in [3.8, 4) is 0 Å². The molecule has 6 nitrogen and oxygen atoms in total. The van der Waals surface area contributed by atoms with Crippen LogP contribution in [0.5, 0.6) is 0 Å². The SMILES string of the molecule is CC/C=C\C/C=C\C/C=C\C/C=C\C/C=C\C/C=C\CCC(=O)OCC(COC(=O)CCC/C=C\C/C=C\C/C=C\CCCCCCCC)OC(=O)CCCCCCCCCCC/C=C\C/C=C\C/C=C\CC. The van der Waals surface area contributed by atoms with Crippen LogP contribution in [0.2, 0.25) is 0 Å². The highest BCUT2D eigenvalue weighted by Gasteiger charge is 2.19. The molecule has 1 unspecified atom stereocenters. The number of rotatable bonds is 51. The molecular formula is C67H106O6. The summed E-state index contributed by atoms with van der Waals surface area (Å²) in [7, 11) is 0. The van der Waals surface area contributed by atoms with E-state index in [1.54, 1.807) is 0 Å². The zero-order chi connectivity index (χ0) is 52.9. The van der Waals surface area contributed by atoms with Gasteiger partial charge in [-0.2, -0.15) is 0 Å². The van der Waals surface area contributed by atoms with Gasteiger partial charge in [0.25, 0.3) is 0 Å². The van der Waals surface area contributed by atoms with Gasteiger partial charge in [0.2, 0.25) is 0 Å². The van der Waals surface area contributed by atoms with Gasteiger partial charge in [-0.25, -0.2) is 0 Å². The quantitative estimate of drug-likeness (QED) is 0.0261. The van der Waals surface area contributed by atoms with E-state index in [2.05, 4.69) is 154 Å². The number of ether oxygens (including phenoxy) is 3. The molecule has 0 aliphatic heterocycles. The standard InChI is InChI=1S/C67H106O6/c1-4-7-10-13-16-19-22-25-28-31-33-36-39-42-45-48-51-54-57-60-66(69)72-63-64(62-71-65(68)59-56-53-50-47-44-41-38-35-30-27-24-21-18-15-12-9-6-3)73-67(70)61-58-55-52-49-46-43-40-37-34-32-29-26-23-20-17-14-11-8-5-2/h7-8,10-11,16-17,19-20,25-30,33,36,38,41-42,45,47,50-51,54,64H,4-6,9,12-15,18,21-24,31-32,34-35,37,39-40,43-44,46,48-49,52-53,55-63H2,1-3H3/b10-7-,11-8-,19-16-,20-17-,28-25-,29-26-,30-27-,36-33-,41-38-,45-42-,50-47-,54-51-. The number of esters is 3. The molecule has 0 saturated heterocycles. The topological polar surface area (TPSA) is 78.9 Å². The molecule has 6 heteroatoms. The number of hydrogen-bond acceptors (Lipinski definition) is 6. The van der Waals surface area contributed by atoms with E-state index in [9.17, 15) is 14.4 Å². The molecule has 0 aromatic rings. The van der Waals surface area contributed by atoms with Gasteiger partial charge in [-0.3, -0.25) is 14.4 Å². The van der Waals surface area contributed by atoms with E-state index >= 15 is 0 Å². The first-order valence-electron chi connectivity index (χ1n) is 29.3. The molecule has 73 heavy (non-hydrogen) atoms. The highest BCUT2D eigenvalue weighted by atomic mass is 16.6. The van der Waals surface area contributed by atoms with Crippen LogP contribution < -0.4 is 0 Å². The fourth-order valence-electron chi connectivity index (χ4n) is 7.50. The van der Waals surface area contributed by atoms with Gasteiger partial charge in [0.05, 0.1) is 0 Å². The Balaban J connectivity index is 4.60. The van der Waals surface area contributed by atoms with Crippen molar-refractivity contribution in [2.24, 2.45) is 0 Å². The molecule has 1 atom stereocenters. The van der Waals surface area contributed by atoms with E-state index < -0.39 is 6.10 Å². The van der Waals surface area contributed by atoms with Crippen LogP contribution in [-0.4, -0.2) is 37.2 Å². The Hall–Kier alpha value is -4.71. The molecule has 0 fully saturated rings. The molecule has 0 rings (SSSR count). The van der Waals surface area contributed by atoms with Gasteiger partial charge in [-0.1, -0.05) is 244 Å². The maximum absolute atomic E-state index is 12.9. The minimum Gasteiger partial charge on any atom is -0.462 e. The minimum atomic E-state index is -0.839. The van der Waals surface area contributed by atoms with Gasteiger partial charge < -0.3 is 14.2 Å². The summed E-state index contributed by atoms with van der Waals surface area (Å²) in [6.07, 6.45) is 85.7. The van der Waals surface area contributed by atoms with Crippen LogP contribution in [0.1, 0.15) is 239 Å². The van der Waals surface area contributed by atoms with E-state index in [0.717, 1.165) is 103 Å². The predicted octanol–water partition coefficient (Wildman–Crippen LogP) is 20.0. The van der Waals surface area contributed by atoms with Crippen molar-refractivity contribution in [2.75, 3.05) is 13.2 Å². The summed E-state index contributed by atoms with van der Waals surface area (Å²) in [4.78, 5) is 38.2. The van der Waals surface area contributed by atoms with Gasteiger partial charge in [-0.15, -0.1) is 0 Å². The smallest absolute Gasteiger partial charge is 0.306 e. The van der Waals surface area contributed by atoms with E-state index in [1.165, 1.54) is 83.5 Å². The third-order valence-electron chi connectivity index (χ3n) is 11.8. The largest absolute Gasteiger partial charge is 0.462 e. The summed E-state index contributed by atoms with van der Waals surface area (Å²) in [5.74, 6) is -1.08. The van der Waals surface area contributed by atoms with Gasteiger partial charge >= 0.3 is 17.9 Å². The maximum Gasteiger partial charge on any atom is 0.306 e. The third-order valence-corrected chi connectivity index (χ3v) is 11.8. The van der Waals surface area contributed by atoms with Crippen LogP contribution >= 0.6 is 0 Å². The fraction of sp³-hybridized carbons (Fsp3) is 0.597. The Labute approximate surface area is 448 Å². The van der Waals surface area contributed by atoms with E-state index in [-0.39, 0.29) is 50.4 Å². The van der Waals surface area contributed by atoms with Gasteiger partial charge in [-0.05, 0) is 122 Å². The predicted molar refractivity (Wildman–Crippen MR) is 315 cm³/mol. The number of allylic oxidation sites excluding steroid dienone is 24. The lowest BCUT2D eigenvalue weighted by Crippen LogP contribution is -2.30. The Kier molecular flexibility index (Phi) is 56.0. The monoisotopic (exact) mass is 1010 g/mol. The molecule has 0 heterocycles. The van der Waals surface area contributed by atoms with Crippen LogP contribution in [0, 0.1) is 0 Å². The highest BCUT2D eigenvalue weighted by molar-refractivity contribution is 5.71. The van der Waals surface area contributed by atoms with Gasteiger partial charge in [0.1, 0.15) is 13.2 Å².